The van der Waals surface area contributed by atoms with Gasteiger partial charge in [0.25, 0.3) is 0 Å². The van der Waals surface area contributed by atoms with Crippen LogP contribution in [0.25, 0.3) is 0 Å². The molecule has 0 unspecified atom stereocenters. The van der Waals surface area contributed by atoms with E-state index in [1.807, 2.05) is 0 Å². The third-order valence-electron chi connectivity index (χ3n) is 4.71. The Morgan fingerprint density at radius 2 is 2.14 bits per heavy atom. The first-order valence-electron chi connectivity index (χ1n) is 9.13. The zero-order valence-electron chi connectivity index (χ0n) is 15.7. The van der Waals surface area contributed by atoms with Crippen LogP contribution in [0.1, 0.15) is 32.8 Å². The van der Waals surface area contributed by atoms with Crippen molar-refractivity contribution in [3.63, 3.8) is 0 Å². The lowest BCUT2D eigenvalue weighted by Crippen LogP contribution is -2.20. The van der Waals surface area contributed by atoms with Gasteiger partial charge >= 0.3 is 5.97 Å². The van der Waals surface area contributed by atoms with Crippen LogP contribution in [-0.2, 0) is 24.1 Å². The molecule has 0 atom stereocenters. The molecule has 0 fully saturated rings. The van der Waals surface area contributed by atoms with Gasteiger partial charge in [-0.3, -0.25) is 4.68 Å². The van der Waals surface area contributed by atoms with Gasteiger partial charge in [0.1, 0.15) is 10.8 Å². The number of hydrogen-bond donors (Lipinski definition) is 2. The predicted molar refractivity (Wildman–Crippen MR) is 115 cm³/mol. The van der Waals surface area contributed by atoms with Gasteiger partial charge in [0, 0.05) is 22.7 Å². The number of carbonyl (C=O) groups excluding carboxylic acids is 1. The van der Waals surface area contributed by atoms with Crippen LogP contribution in [0.5, 0.6) is 0 Å². The molecule has 29 heavy (non-hydrogen) atoms. The molecule has 150 valence electrons. The first kappa shape index (κ1) is 19.5. The topological polar surface area (TPSA) is 68.2 Å². The Kier molecular flexibility index (Phi) is 5.59. The van der Waals surface area contributed by atoms with Gasteiger partial charge in [-0.1, -0.05) is 18.2 Å². The Morgan fingerprint density at radius 3 is 2.93 bits per heavy atom. The predicted octanol–water partition coefficient (Wildman–Crippen LogP) is 4.22. The van der Waals surface area contributed by atoms with Crippen LogP contribution in [0.3, 0.4) is 0 Å². The largest absolute Gasteiger partial charge is 0.465 e. The Morgan fingerprint density at radius 1 is 1.31 bits per heavy atom. The van der Waals surface area contributed by atoms with Gasteiger partial charge in [-0.25, -0.2) is 9.18 Å². The van der Waals surface area contributed by atoms with Crippen molar-refractivity contribution in [2.24, 2.45) is 0 Å². The maximum Gasteiger partial charge on any atom is 0.341 e. The smallest absolute Gasteiger partial charge is 0.341 e. The van der Waals surface area contributed by atoms with Crippen molar-refractivity contribution >= 4 is 45.5 Å². The lowest BCUT2D eigenvalue weighted by molar-refractivity contribution is 0.0601. The van der Waals surface area contributed by atoms with Crippen molar-refractivity contribution in [2.75, 3.05) is 17.7 Å². The molecule has 3 aromatic rings. The van der Waals surface area contributed by atoms with Gasteiger partial charge in [-0.05, 0) is 43.1 Å². The number of ether oxygens (including phenoxy) is 1. The van der Waals surface area contributed by atoms with Gasteiger partial charge < -0.3 is 15.4 Å². The molecule has 1 aliphatic carbocycles. The molecular formula is C20H19FN4O2S2. The number of rotatable bonds is 5. The van der Waals surface area contributed by atoms with Crippen LogP contribution in [0.2, 0.25) is 0 Å². The van der Waals surface area contributed by atoms with Crippen molar-refractivity contribution < 1.29 is 13.9 Å². The van der Waals surface area contributed by atoms with E-state index >= 15 is 0 Å². The third-order valence-corrected chi connectivity index (χ3v) is 6.12. The van der Waals surface area contributed by atoms with Crippen molar-refractivity contribution in [2.45, 2.75) is 25.8 Å². The fourth-order valence-electron chi connectivity index (χ4n) is 3.38. The second-order valence-corrected chi connectivity index (χ2v) is 8.14. The molecule has 2 aromatic heterocycles. The first-order valence-corrected chi connectivity index (χ1v) is 10.4. The average molecular weight is 431 g/mol. The molecule has 4 rings (SSSR count). The number of esters is 1. The standard InChI is InChI=1S/C20H19FN4O2S2/c1-27-19(26)17-13-6-4-8-15(13)29-18(17)23-20(28)22-16-9-10-25(24-16)11-12-5-2-3-7-14(12)21/h2-3,5,7,9-10H,4,6,8,11H2,1H3,(H2,22,23,24,28). The van der Waals surface area contributed by atoms with Gasteiger partial charge in [-0.2, -0.15) is 5.10 Å². The van der Waals surface area contributed by atoms with Crippen molar-refractivity contribution in [1.29, 1.82) is 0 Å². The number of fused-ring (bicyclic) bond motifs is 1. The average Bonchev–Trinajstić information content (AvgIpc) is 3.39. The number of halogens is 1. The summed E-state index contributed by atoms with van der Waals surface area (Å²) >= 11 is 6.92. The van der Waals surface area contributed by atoms with Crippen molar-refractivity contribution in [3.05, 3.63) is 63.9 Å². The number of carbonyl (C=O) groups is 1. The SMILES string of the molecule is COC(=O)c1c(NC(=S)Nc2ccn(Cc3ccccc3F)n2)sc2c1CCC2. The monoisotopic (exact) mass is 430 g/mol. The van der Waals surface area contributed by atoms with E-state index in [1.165, 1.54) is 29.4 Å². The van der Waals surface area contributed by atoms with E-state index in [0.29, 0.717) is 33.6 Å². The normalized spacial score (nSPS) is 12.5. The fraction of sp³-hybridized carbons (Fsp3) is 0.250. The zero-order valence-corrected chi connectivity index (χ0v) is 17.3. The number of hydrogen-bond acceptors (Lipinski definition) is 5. The summed E-state index contributed by atoms with van der Waals surface area (Å²) in [6, 6.07) is 8.35. The summed E-state index contributed by atoms with van der Waals surface area (Å²) in [4.78, 5) is 13.4. The van der Waals surface area contributed by atoms with E-state index in [1.54, 1.807) is 35.1 Å². The maximum absolute atomic E-state index is 13.8. The van der Waals surface area contributed by atoms with E-state index in [2.05, 4.69) is 15.7 Å². The van der Waals surface area contributed by atoms with Crippen LogP contribution in [0.4, 0.5) is 15.2 Å². The Labute approximate surface area is 176 Å². The van der Waals surface area contributed by atoms with E-state index < -0.39 is 0 Å². The lowest BCUT2D eigenvalue weighted by atomic mass is 10.1. The van der Waals surface area contributed by atoms with E-state index in [4.69, 9.17) is 17.0 Å². The highest BCUT2D eigenvalue weighted by atomic mass is 32.1. The maximum atomic E-state index is 13.8. The second-order valence-electron chi connectivity index (χ2n) is 6.62. The number of nitrogens with zero attached hydrogens (tertiary/aromatic N) is 2. The van der Waals surface area contributed by atoms with E-state index in [0.717, 1.165) is 24.8 Å². The highest BCUT2D eigenvalue weighted by molar-refractivity contribution is 7.80. The van der Waals surface area contributed by atoms with Crippen LogP contribution in [0, 0.1) is 5.82 Å². The molecule has 0 saturated heterocycles. The number of methoxy groups -OCH3 is 1. The zero-order chi connectivity index (χ0) is 20.4. The molecule has 0 bridgehead atoms. The van der Waals surface area contributed by atoms with Gasteiger partial charge in [0.05, 0.1) is 19.2 Å². The second kappa shape index (κ2) is 8.30. The summed E-state index contributed by atoms with van der Waals surface area (Å²) in [6.45, 7) is 0.318. The molecular weight excluding hydrogens is 411 g/mol. The minimum atomic E-state index is -0.358. The quantitative estimate of drug-likeness (QED) is 0.467. The molecule has 6 nitrogen and oxygen atoms in total. The van der Waals surface area contributed by atoms with Crippen LogP contribution < -0.4 is 10.6 Å². The fourth-order valence-corrected chi connectivity index (χ4v) is 4.93. The van der Waals surface area contributed by atoms with Gasteiger partial charge in [0.2, 0.25) is 0 Å². The van der Waals surface area contributed by atoms with Gasteiger partial charge in [-0.15, -0.1) is 11.3 Å². The number of benzene rings is 1. The van der Waals surface area contributed by atoms with Crippen LogP contribution in [-0.4, -0.2) is 28.0 Å². The molecule has 0 amide bonds. The summed E-state index contributed by atoms with van der Waals surface area (Å²) in [7, 11) is 1.38. The summed E-state index contributed by atoms with van der Waals surface area (Å²) < 4.78 is 20.4. The van der Waals surface area contributed by atoms with Crippen molar-refractivity contribution in [3.8, 4) is 0 Å². The summed E-state index contributed by atoms with van der Waals surface area (Å²) in [5.41, 5.74) is 2.18. The molecule has 1 aliphatic rings. The molecule has 9 heteroatoms. The number of aromatic nitrogens is 2. The molecule has 0 radical (unpaired) electrons. The first-order chi connectivity index (χ1) is 14.0. The molecule has 0 saturated carbocycles. The summed E-state index contributed by atoms with van der Waals surface area (Å²) in [5, 5.41) is 11.5. The molecule has 0 spiro atoms. The molecule has 1 aromatic carbocycles. The highest BCUT2D eigenvalue weighted by Gasteiger charge is 2.27. The molecule has 0 aliphatic heterocycles. The number of thiocarbonyl (C=S) groups is 1. The van der Waals surface area contributed by atoms with Crippen LogP contribution >= 0.6 is 23.6 Å². The number of anilines is 2. The molecule has 2 heterocycles. The van der Waals surface area contributed by atoms with Gasteiger partial charge in [0.15, 0.2) is 10.9 Å². The Hall–Kier alpha value is -2.78. The number of aryl methyl sites for hydroxylation is 1. The van der Waals surface area contributed by atoms with Crippen molar-refractivity contribution in [1.82, 2.24) is 9.78 Å². The summed E-state index contributed by atoms with van der Waals surface area (Å²) in [6.07, 6.45) is 4.63. The molecule has 2 N–H and O–H groups in total. The van der Waals surface area contributed by atoms with Crippen LogP contribution in [0.15, 0.2) is 36.5 Å². The van der Waals surface area contributed by atoms with E-state index in [-0.39, 0.29) is 11.8 Å². The lowest BCUT2D eigenvalue weighted by Gasteiger charge is -2.09. The number of nitrogens with one attached hydrogen (secondary N) is 2. The summed E-state index contributed by atoms with van der Waals surface area (Å²) in [5.74, 6) is -0.0952. The minimum Gasteiger partial charge on any atom is -0.465 e. The highest BCUT2D eigenvalue weighted by Crippen LogP contribution is 2.39. The minimum absolute atomic E-state index is 0.268. The van der Waals surface area contributed by atoms with E-state index in [9.17, 15) is 9.18 Å². The third kappa shape index (κ3) is 4.15. The Balaban J connectivity index is 1.44. The Bertz CT molecular complexity index is 1080. The number of thiophene rings is 1.